The number of amidine groups is 1. The second-order valence-electron chi connectivity index (χ2n) is 4.24. The second-order valence-corrected chi connectivity index (χ2v) is 5.02. The van der Waals surface area contributed by atoms with Crippen LogP contribution in [-0.2, 0) is 6.54 Å². The summed E-state index contributed by atoms with van der Waals surface area (Å²) in [6.45, 7) is 1.02. The van der Waals surface area contributed by atoms with Crippen LogP contribution >= 0.6 is 11.3 Å². The minimum atomic E-state index is -0.522. The van der Waals surface area contributed by atoms with Gasteiger partial charge < -0.3 is 21.4 Å². The van der Waals surface area contributed by atoms with Gasteiger partial charge in [0.15, 0.2) is 5.84 Å². The van der Waals surface area contributed by atoms with Gasteiger partial charge in [-0.3, -0.25) is 4.98 Å². The molecule has 0 amide bonds. The summed E-state index contributed by atoms with van der Waals surface area (Å²) in [5.74, 6) is -0.0230. The lowest BCUT2D eigenvalue weighted by molar-refractivity contribution is 0.175. The predicted octanol–water partition coefficient (Wildman–Crippen LogP) is 1.06. The van der Waals surface area contributed by atoms with E-state index < -0.39 is 6.10 Å². The van der Waals surface area contributed by atoms with Gasteiger partial charge in [-0.25, -0.2) is 0 Å². The summed E-state index contributed by atoms with van der Waals surface area (Å²) in [5, 5.41) is 28.5. The van der Waals surface area contributed by atoms with Crippen LogP contribution in [0.5, 0.6) is 0 Å². The summed E-state index contributed by atoms with van der Waals surface area (Å²) in [6, 6.07) is 5.47. The van der Waals surface area contributed by atoms with Crippen LogP contribution in [0.2, 0.25) is 0 Å². The van der Waals surface area contributed by atoms with Crippen LogP contribution in [0.1, 0.15) is 22.9 Å². The van der Waals surface area contributed by atoms with E-state index in [1.54, 1.807) is 23.6 Å². The lowest BCUT2D eigenvalue weighted by atomic mass is 10.2. The molecule has 7 heteroatoms. The van der Waals surface area contributed by atoms with Gasteiger partial charge in [0.2, 0.25) is 0 Å². The van der Waals surface area contributed by atoms with Gasteiger partial charge in [0.05, 0.1) is 6.10 Å². The Morgan fingerprint density at radius 3 is 3.05 bits per heavy atom. The molecule has 2 rings (SSSR count). The van der Waals surface area contributed by atoms with E-state index in [-0.39, 0.29) is 5.84 Å². The van der Waals surface area contributed by atoms with Crippen molar-refractivity contribution in [2.75, 3.05) is 6.54 Å². The highest BCUT2D eigenvalue weighted by molar-refractivity contribution is 7.07. The number of pyridine rings is 1. The third-order valence-corrected chi connectivity index (χ3v) is 3.49. The molecule has 0 saturated carbocycles. The van der Waals surface area contributed by atoms with Gasteiger partial charge in [0.1, 0.15) is 5.69 Å². The Bertz CT molecular complexity index is 572. The highest BCUT2D eigenvalue weighted by Gasteiger charge is 2.07. The molecule has 5 N–H and O–H groups in total. The summed E-state index contributed by atoms with van der Waals surface area (Å²) in [7, 11) is 0. The molecule has 0 aromatic carbocycles. The maximum absolute atomic E-state index is 9.93. The lowest BCUT2D eigenvalue weighted by Gasteiger charge is -2.10. The predicted molar refractivity (Wildman–Crippen MR) is 77.7 cm³/mol. The number of nitrogens with two attached hydrogens (primary N) is 1. The van der Waals surface area contributed by atoms with Crippen LogP contribution < -0.4 is 11.1 Å². The molecule has 6 nitrogen and oxygen atoms in total. The molecule has 0 radical (unpaired) electrons. The van der Waals surface area contributed by atoms with E-state index in [0.29, 0.717) is 18.8 Å². The quantitative estimate of drug-likeness (QED) is 0.276. The van der Waals surface area contributed by atoms with Crippen molar-refractivity contribution in [2.45, 2.75) is 12.6 Å². The van der Waals surface area contributed by atoms with Crippen LogP contribution in [0, 0.1) is 0 Å². The first-order valence-electron chi connectivity index (χ1n) is 6.04. The van der Waals surface area contributed by atoms with Crippen molar-refractivity contribution < 1.29 is 10.3 Å². The van der Waals surface area contributed by atoms with Crippen molar-refractivity contribution in [3.8, 4) is 0 Å². The molecular weight excluding hydrogens is 276 g/mol. The lowest BCUT2D eigenvalue weighted by Crippen LogP contribution is -2.21. The summed E-state index contributed by atoms with van der Waals surface area (Å²) in [4.78, 5) is 4.00. The molecule has 0 spiro atoms. The van der Waals surface area contributed by atoms with Crippen LogP contribution in [0.3, 0.4) is 0 Å². The molecule has 2 aromatic rings. The number of hydrogen-bond donors (Lipinski definition) is 4. The zero-order valence-corrected chi connectivity index (χ0v) is 11.5. The molecule has 0 saturated heterocycles. The third kappa shape index (κ3) is 3.77. The summed E-state index contributed by atoms with van der Waals surface area (Å²) < 4.78 is 0. The molecule has 0 fully saturated rings. The van der Waals surface area contributed by atoms with Crippen molar-refractivity contribution in [3.63, 3.8) is 0 Å². The van der Waals surface area contributed by atoms with Gasteiger partial charge in [-0.1, -0.05) is 5.16 Å². The first-order chi connectivity index (χ1) is 9.70. The minimum absolute atomic E-state index is 0.0230. The number of aliphatic hydroxyl groups excluding tert-OH is 1. The van der Waals surface area contributed by atoms with E-state index in [1.807, 2.05) is 22.9 Å². The average Bonchev–Trinajstić information content (AvgIpc) is 3.01. The molecule has 2 heterocycles. The van der Waals surface area contributed by atoms with Gasteiger partial charge in [-0.15, -0.1) is 0 Å². The highest BCUT2D eigenvalue weighted by Crippen LogP contribution is 2.15. The largest absolute Gasteiger partial charge is 0.409 e. The summed E-state index contributed by atoms with van der Waals surface area (Å²) in [6.07, 6.45) is 1.08. The zero-order chi connectivity index (χ0) is 14.4. The van der Waals surface area contributed by atoms with Crippen LogP contribution in [0.4, 0.5) is 0 Å². The topological polar surface area (TPSA) is 104 Å². The van der Waals surface area contributed by atoms with E-state index in [1.165, 1.54) is 0 Å². The Labute approximate surface area is 120 Å². The Hall–Kier alpha value is -1.96. The fourth-order valence-electron chi connectivity index (χ4n) is 1.71. The first-order valence-corrected chi connectivity index (χ1v) is 6.98. The molecule has 1 atom stereocenters. The normalized spacial score (nSPS) is 13.3. The molecule has 0 bridgehead atoms. The van der Waals surface area contributed by atoms with Crippen molar-refractivity contribution in [3.05, 3.63) is 52.0 Å². The number of oxime groups is 1. The standard InChI is InChI=1S/C13H16N4O2S/c14-13(17-19)11-5-9(1-3-16-11)6-15-7-12(18)10-2-4-20-8-10/h1-5,8,12,15,18-19H,6-7H2,(H2,14,17). The average molecular weight is 292 g/mol. The molecule has 0 aliphatic heterocycles. The SMILES string of the molecule is N/C(=N/O)c1cc(CNCC(O)c2ccsc2)ccn1. The summed E-state index contributed by atoms with van der Waals surface area (Å²) in [5.41, 5.74) is 7.76. The number of nitrogens with one attached hydrogen (secondary N) is 1. The molecular formula is C13H16N4O2S. The van der Waals surface area contributed by atoms with Crippen molar-refractivity contribution in [1.29, 1.82) is 0 Å². The molecule has 0 aliphatic rings. The monoisotopic (exact) mass is 292 g/mol. The van der Waals surface area contributed by atoms with Gasteiger partial charge >= 0.3 is 0 Å². The molecule has 1 unspecified atom stereocenters. The van der Waals surface area contributed by atoms with Gasteiger partial charge in [0, 0.05) is 19.3 Å². The fraction of sp³-hybridized carbons (Fsp3) is 0.231. The van der Waals surface area contributed by atoms with E-state index in [9.17, 15) is 5.11 Å². The van der Waals surface area contributed by atoms with Crippen LogP contribution in [0.25, 0.3) is 0 Å². The Balaban J connectivity index is 1.88. The second kappa shape index (κ2) is 6.99. The molecule has 20 heavy (non-hydrogen) atoms. The molecule has 0 aliphatic carbocycles. The van der Waals surface area contributed by atoms with Crippen LogP contribution in [-0.4, -0.2) is 27.7 Å². The van der Waals surface area contributed by atoms with Gasteiger partial charge in [0.25, 0.3) is 0 Å². The Morgan fingerprint density at radius 1 is 1.50 bits per heavy atom. The van der Waals surface area contributed by atoms with E-state index >= 15 is 0 Å². The minimum Gasteiger partial charge on any atom is -0.409 e. The van der Waals surface area contributed by atoms with Crippen molar-refractivity contribution >= 4 is 17.2 Å². The van der Waals surface area contributed by atoms with E-state index in [2.05, 4.69) is 15.5 Å². The number of hydrogen-bond acceptors (Lipinski definition) is 6. The number of aliphatic hydroxyl groups is 1. The van der Waals surface area contributed by atoms with Crippen molar-refractivity contribution in [2.24, 2.45) is 10.9 Å². The van der Waals surface area contributed by atoms with Gasteiger partial charge in [-0.05, 0) is 40.1 Å². The van der Waals surface area contributed by atoms with Crippen molar-refractivity contribution in [1.82, 2.24) is 10.3 Å². The maximum atomic E-state index is 9.93. The molecule has 106 valence electrons. The fourth-order valence-corrected chi connectivity index (χ4v) is 2.42. The third-order valence-electron chi connectivity index (χ3n) is 2.79. The number of aromatic nitrogens is 1. The Kier molecular flexibility index (Phi) is 5.05. The summed E-state index contributed by atoms with van der Waals surface area (Å²) >= 11 is 1.56. The number of rotatable bonds is 6. The van der Waals surface area contributed by atoms with E-state index in [0.717, 1.165) is 11.1 Å². The Morgan fingerprint density at radius 2 is 2.35 bits per heavy atom. The zero-order valence-electron chi connectivity index (χ0n) is 10.7. The smallest absolute Gasteiger partial charge is 0.188 e. The highest BCUT2D eigenvalue weighted by atomic mass is 32.1. The van der Waals surface area contributed by atoms with Gasteiger partial charge in [-0.2, -0.15) is 11.3 Å². The first kappa shape index (κ1) is 14.4. The maximum Gasteiger partial charge on any atom is 0.188 e. The van der Waals surface area contributed by atoms with Crippen LogP contribution in [0.15, 0.2) is 40.3 Å². The number of thiophene rings is 1. The molecule has 2 aromatic heterocycles. The van der Waals surface area contributed by atoms with E-state index in [4.69, 9.17) is 10.9 Å². The number of nitrogens with zero attached hydrogens (tertiary/aromatic N) is 2.